The molecule has 33 heavy (non-hydrogen) atoms. The topological polar surface area (TPSA) is 63.2 Å². The maximum atomic E-state index is 12.6. The molecular formula is C27H29N3O3. The standard InChI is InChI=1S/C27H29N3O3/c1-17-6-8-19(9-7-17)20-10-12-21(13-11-20)26-23-16-25(33-5)24(32-4)15-22(23)14-18(2)30(29-26)27(31)28-3/h6-13,15-16,18H,14H2,1-5H3,(H,28,31). The van der Waals surface area contributed by atoms with E-state index in [9.17, 15) is 4.79 Å². The van der Waals surface area contributed by atoms with Crippen molar-refractivity contribution >= 4 is 11.7 Å². The fourth-order valence-corrected chi connectivity index (χ4v) is 4.12. The van der Waals surface area contributed by atoms with Gasteiger partial charge in [-0.1, -0.05) is 54.1 Å². The maximum Gasteiger partial charge on any atom is 0.337 e. The summed E-state index contributed by atoms with van der Waals surface area (Å²) in [4.78, 5) is 12.6. The van der Waals surface area contributed by atoms with Crippen LogP contribution >= 0.6 is 0 Å². The van der Waals surface area contributed by atoms with Crippen LogP contribution in [-0.4, -0.2) is 44.1 Å². The Labute approximate surface area is 194 Å². The number of methoxy groups -OCH3 is 2. The van der Waals surface area contributed by atoms with Gasteiger partial charge in [-0.2, -0.15) is 5.10 Å². The quantitative estimate of drug-likeness (QED) is 0.616. The number of ether oxygens (including phenoxy) is 2. The Bertz CT molecular complexity index is 1180. The van der Waals surface area contributed by atoms with Crippen LogP contribution in [0.5, 0.6) is 11.5 Å². The van der Waals surface area contributed by atoms with Crippen LogP contribution in [0, 0.1) is 6.92 Å². The fourth-order valence-electron chi connectivity index (χ4n) is 4.12. The summed E-state index contributed by atoms with van der Waals surface area (Å²) in [5.41, 5.74) is 7.12. The lowest BCUT2D eigenvalue weighted by Crippen LogP contribution is -2.41. The first-order chi connectivity index (χ1) is 15.9. The minimum Gasteiger partial charge on any atom is -0.493 e. The molecule has 0 saturated heterocycles. The van der Waals surface area contributed by atoms with E-state index >= 15 is 0 Å². The van der Waals surface area contributed by atoms with Gasteiger partial charge in [0.05, 0.1) is 26.0 Å². The van der Waals surface area contributed by atoms with Crippen molar-refractivity contribution in [3.8, 4) is 22.6 Å². The summed E-state index contributed by atoms with van der Waals surface area (Å²) >= 11 is 0. The molecular weight excluding hydrogens is 414 g/mol. The number of rotatable bonds is 4. The number of carbonyl (C=O) groups excluding carboxylic acids is 1. The summed E-state index contributed by atoms with van der Waals surface area (Å²) in [5.74, 6) is 1.28. The van der Waals surface area contributed by atoms with Gasteiger partial charge in [0.15, 0.2) is 11.5 Å². The average Bonchev–Trinajstić information content (AvgIpc) is 2.98. The van der Waals surface area contributed by atoms with Crippen LogP contribution in [0.4, 0.5) is 4.79 Å². The summed E-state index contributed by atoms with van der Waals surface area (Å²) in [6.07, 6.45) is 0.636. The normalized spacial score (nSPS) is 15.2. The van der Waals surface area contributed by atoms with E-state index in [4.69, 9.17) is 14.6 Å². The SMILES string of the molecule is CNC(=O)N1N=C(c2ccc(-c3ccc(C)cc3)cc2)c2cc(OC)c(OC)cc2CC1C. The maximum absolute atomic E-state index is 12.6. The number of hydrogen-bond donors (Lipinski definition) is 1. The van der Waals surface area contributed by atoms with Gasteiger partial charge >= 0.3 is 6.03 Å². The number of aryl methyl sites for hydroxylation is 1. The van der Waals surface area contributed by atoms with Gasteiger partial charge in [0.1, 0.15) is 0 Å². The molecule has 0 radical (unpaired) electrons. The molecule has 0 saturated carbocycles. The smallest absolute Gasteiger partial charge is 0.337 e. The number of nitrogens with one attached hydrogen (secondary N) is 1. The Hall–Kier alpha value is -3.80. The molecule has 0 aromatic heterocycles. The van der Waals surface area contributed by atoms with E-state index in [1.165, 1.54) is 10.6 Å². The van der Waals surface area contributed by atoms with E-state index in [-0.39, 0.29) is 12.1 Å². The Morgan fingerprint density at radius 3 is 2.06 bits per heavy atom. The van der Waals surface area contributed by atoms with Crippen LogP contribution < -0.4 is 14.8 Å². The molecule has 1 atom stereocenters. The van der Waals surface area contributed by atoms with Gasteiger partial charge in [0.25, 0.3) is 0 Å². The highest BCUT2D eigenvalue weighted by Crippen LogP contribution is 2.35. The Balaban J connectivity index is 1.84. The number of fused-ring (bicyclic) bond motifs is 1. The molecule has 170 valence electrons. The predicted octanol–water partition coefficient (Wildman–Crippen LogP) is 5.02. The molecule has 0 fully saturated rings. The number of amides is 2. The second-order valence-electron chi connectivity index (χ2n) is 8.21. The van der Waals surface area contributed by atoms with Gasteiger partial charge in [-0.25, -0.2) is 9.80 Å². The number of nitrogens with zero attached hydrogens (tertiary/aromatic N) is 2. The molecule has 6 nitrogen and oxygen atoms in total. The minimum atomic E-state index is -0.247. The van der Waals surface area contributed by atoms with Crippen molar-refractivity contribution in [2.24, 2.45) is 5.10 Å². The number of benzene rings is 3. The number of hydrogen-bond acceptors (Lipinski definition) is 4. The molecule has 0 aliphatic carbocycles. The minimum absolute atomic E-state index is 0.133. The Morgan fingerprint density at radius 1 is 0.939 bits per heavy atom. The van der Waals surface area contributed by atoms with E-state index < -0.39 is 0 Å². The Kier molecular flexibility index (Phi) is 6.36. The molecule has 0 spiro atoms. The molecule has 3 aromatic rings. The highest BCUT2D eigenvalue weighted by atomic mass is 16.5. The van der Waals surface area contributed by atoms with Crippen LogP contribution in [0.25, 0.3) is 11.1 Å². The van der Waals surface area contributed by atoms with Gasteiger partial charge < -0.3 is 14.8 Å². The summed E-state index contributed by atoms with van der Waals surface area (Å²) in [7, 11) is 4.86. The summed E-state index contributed by atoms with van der Waals surface area (Å²) in [6, 6.07) is 20.3. The molecule has 3 aromatic carbocycles. The predicted molar refractivity (Wildman–Crippen MR) is 131 cm³/mol. The van der Waals surface area contributed by atoms with Gasteiger partial charge in [-0.05, 0) is 49.1 Å². The summed E-state index contributed by atoms with van der Waals surface area (Å²) in [5, 5.41) is 9.04. The third kappa shape index (κ3) is 4.42. The van der Waals surface area contributed by atoms with Crippen LogP contribution in [0.15, 0.2) is 65.8 Å². The first-order valence-electron chi connectivity index (χ1n) is 11.0. The largest absolute Gasteiger partial charge is 0.493 e. The molecule has 1 aliphatic rings. The summed E-state index contributed by atoms with van der Waals surface area (Å²) in [6.45, 7) is 4.07. The second kappa shape index (κ2) is 9.36. The van der Waals surface area contributed by atoms with E-state index in [1.807, 2.05) is 31.2 Å². The first-order valence-corrected chi connectivity index (χ1v) is 11.0. The van der Waals surface area contributed by atoms with E-state index in [1.54, 1.807) is 21.3 Å². The van der Waals surface area contributed by atoms with Gasteiger partial charge in [0.2, 0.25) is 0 Å². The van der Waals surface area contributed by atoms with Crippen molar-refractivity contribution < 1.29 is 14.3 Å². The van der Waals surface area contributed by atoms with Crippen molar-refractivity contribution in [3.05, 3.63) is 82.9 Å². The van der Waals surface area contributed by atoms with Crippen LogP contribution in [0.2, 0.25) is 0 Å². The molecule has 6 heteroatoms. The first kappa shape index (κ1) is 22.4. The van der Waals surface area contributed by atoms with Gasteiger partial charge in [0, 0.05) is 18.2 Å². The lowest BCUT2D eigenvalue weighted by molar-refractivity contribution is 0.184. The molecule has 1 N–H and O–H groups in total. The van der Waals surface area contributed by atoms with E-state index in [0.29, 0.717) is 23.6 Å². The third-order valence-electron chi connectivity index (χ3n) is 5.97. The van der Waals surface area contributed by atoms with Gasteiger partial charge in [-0.15, -0.1) is 0 Å². The summed E-state index contributed by atoms with van der Waals surface area (Å²) < 4.78 is 11.1. The highest BCUT2D eigenvalue weighted by Gasteiger charge is 2.28. The fraction of sp³-hybridized carbons (Fsp3) is 0.259. The van der Waals surface area contributed by atoms with E-state index in [2.05, 4.69) is 48.6 Å². The molecule has 1 aliphatic heterocycles. The van der Waals surface area contributed by atoms with Crippen LogP contribution in [0.1, 0.15) is 29.2 Å². The van der Waals surface area contributed by atoms with Crippen molar-refractivity contribution in [2.75, 3.05) is 21.3 Å². The third-order valence-corrected chi connectivity index (χ3v) is 5.97. The Morgan fingerprint density at radius 2 is 1.48 bits per heavy atom. The van der Waals surface area contributed by atoms with Gasteiger partial charge in [-0.3, -0.25) is 0 Å². The highest BCUT2D eigenvalue weighted by molar-refractivity contribution is 6.14. The lowest BCUT2D eigenvalue weighted by Gasteiger charge is -2.22. The zero-order valence-corrected chi connectivity index (χ0v) is 19.7. The van der Waals surface area contributed by atoms with Crippen molar-refractivity contribution in [1.82, 2.24) is 10.3 Å². The van der Waals surface area contributed by atoms with Crippen molar-refractivity contribution in [1.29, 1.82) is 0 Å². The molecule has 4 rings (SSSR count). The zero-order chi connectivity index (χ0) is 23.5. The molecule has 0 bridgehead atoms. The molecule has 1 unspecified atom stereocenters. The number of urea groups is 1. The van der Waals surface area contributed by atoms with Crippen LogP contribution in [0.3, 0.4) is 0 Å². The van der Waals surface area contributed by atoms with Crippen LogP contribution in [-0.2, 0) is 6.42 Å². The molecule has 1 heterocycles. The zero-order valence-electron chi connectivity index (χ0n) is 19.7. The number of hydrazone groups is 1. The van der Waals surface area contributed by atoms with Crippen molar-refractivity contribution in [2.45, 2.75) is 26.3 Å². The average molecular weight is 444 g/mol. The molecule has 2 amide bonds. The second-order valence-corrected chi connectivity index (χ2v) is 8.21. The van der Waals surface area contributed by atoms with Crippen molar-refractivity contribution in [3.63, 3.8) is 0 Å². The monoisotopic (exact) mass is 443 g/mol. The van der Waals surface area contributed by atoms with E-state index in [0.717, 1.165) is 27.8 Å². The lowest BCUT2D eigenvalue weighted by atomic mass is 9.93. The number of carbonyl (C=O) groups is 1.